The number of para-hydroxylation sites is 1. The van der Waals surface area contributed by atoms with Gasteiger partial charge in [-0.3, -0.25) is 9.78 Å². The highest BCUT2D eigenvalue weighted by molar-refractivity contribution is 6.32. The van der Waals surface area contributed by atoms with Crippen LogP contribution in [0, 0.1) is 0 Å². The Morgan fingerprint density at radius 3 is 2.41 bits per heavy atom. The number of anilines is 1. The van der Waals surface area contributed by atoms with Crippen LogP contribution in [0.5, 0.6) is 0 Å². The number of H-pyrrole nitrogens is 1. The molecule has 1 aromatic heterocycles. The Morgan fingerprint density at radius 2 is 1.77 bits per heavy atom. The zero-order valence-corrected chi connectivity index (χ0v) is 13.0. The van der Waals surface area contributed by atoms with E-state index in [1.165, 1.54) is 6.07 Å². The zero-order valence-electron chi connectivity index (χ0n) is 12.3. The van der Waals surface area contributed by atoms with Gasteiger partial charge in [0.05, 0.1) is 10.7 Å². The summed E-state index contributed by atoms with van der Waals surface area (Å²) in [6.45, 7) is 3.36. The lowest BCUT2D eigenvalue weighted by atomic mass is 10.3. The van der Waals surface area contributed by atoms with Crippen LogP contribution in [0.4, 0.5) is 5.82 Å². The molecular weight excluding hydrogens is 304 g/mol. The van der Waals surface area contributed by atoms with Gasteiger partial charge in [0.1, 0.15) is 5.82 Å². The van der Waals surface area contributed by atoms with Gasteiger partial charge in [0.25, 0.3) is 5.56 Å². The topological polar surface area (TPSA) is 61.3 Å². The predicted molar refractivity (Wildman–Crippen MR) is 87.4 cm³/mol. The number of likely N-dealkylation sites (N-methyl/N-ethyl adjacent to an activating group) is 1. The number of hydrogen-bond donors (Lipinski definition) is 1. The van der Waals surface area contributed by atoms with Gasteiger partial charge < -0.3 is 9.80 Å². The number of rotatable bonds is 2. The van der Waals surface area contributed by atoms with Crippen LogP contribution in [0.15, 0.2) is 39.9 Å². The van der Waals surface area contributed by atoms with Crippen LogP contribution in [-0.2, 0) is 0 Å². The van der Waals surface area contributed by atoms with E-state index in [4.69, 9.17) is 11.6 Å². The van der Waals surface area contributed by atoms with E-state index in [1.54, 1.807) is 24.3 Å². The highest BCUT2D eigenvalue weighted by atomic mass is 35.5. The number of aromatic amines is 1. The zero-order chi connectivity index (χ0) is 15.7. The fourth-order valence-corrected chi connectivity index (χ4v) is 2.78. The third-order valence-electron chi connectivity index (χ3n) is 3.86. The second-order valence-corrected chi connectivity index (χ2v) is 5.78. The summed E-state index contributed by atoms with van der Waals surface area (Å²) >= 11 is 6.08. The van der Waals surface area contributed by atoms with Gasteiger partial charge in [0.15, 0.2) is 0 Å². The Balaban J connectivity index is 2.01. The van der Waals surface area contributed by atoms with Crippen LogP contribution in [0.2, 0.25) is 5.02 Å². The molecule has 2 heterocycles. The second-order valence-electron chi connectivity index (χ2n) is 5.38. The van der Waals surface area contributed by atoms with Crippen molar-refractivity contribution in [2.45, 2.75) is 0 Å². The van der Waals surface area contributed by atoms with Crippen molar-refractivity contribution in [1.29, 1.82) is 0 Å². The highest BCUT2D eigenvalue weighted by Gasteiger charge is 2.17. The third kappa shape index (κ3) is 2.80. The molecule has 0 aliphatic carbocycles. The first kappa shape index (κ1) is 14.9. The van der Waals surface area contributed by atoms with Crippen molar-refractivity contribution in [3.63, 3.8) is 0 Å². The summed E-state index contributed by atoms with van der Waals surface area (Å²) in [6.07, 6.45) is 0. The van der Waals surface area contributed by atoms with Gasteiger partial charge in [-0.15, -0.1) is 0 Å². The normalized spacial score (nSPS) is 16.0. The largest absolute Gasteiger partial charge is 0.355 e. The molecule has 0 spiro atoms. The SMILES string of the molecule is CN1CCN(c2cc(=O)n(-c3ccccc3Cl)c(=O)[nH]2)CC1. The van der Waals surface area contributed by atoms with E-state index in [2.05, 4.69) is 16.9 Å². The minimum absolute atomic E-state index is 0.363. The lowest BCUT2D eigenvalue weighted by Gasteiger charge is -2.33. The maximum Gasteiger partial charge on any atom is 0.334 e. The molecule has 1 fully saturated rings. The standard InChI is InChI=1S/C15H17ClN4O2/c1-18-6-8-19(9-7-18)13-10-14(21)20(15(22)17-13)12-5-3-2-4-11(12)16/h2-5,10H,6-9H2,1H3,(H,17,22). The number of piperazine rings is 1. The molecule has 0 saturated carbocycles. The minimum Gasteiger partial charge on any atom is -0.355 e. The molecular formula is C15H17ClN4O2. The van der Waals surface area contributed by atoms with Gasteiger partial charge in [-0.1, -0.05) is 23.7 Å². The summed E-state index contributed by atoms with van der Waals surface area (Å²) < 4.78 is 1.06. The van der Waals surface area contributed by atoms with E-state index in [0.29, 0.717) is 16.5 Å². The Morgan fingerprint density at radius 1 is 1.09 bits per heavy atom. The van der Waals surface area contributed by atoms with Gasteiger partial charge >= 0.3 is 5.69 Å². The molecule has 1 aromatic carbocycles. The lowest BCUT2D eigenvalue weighted by Crippen LogP contribution is -2.46. The summed E-state index contributed by atoms with van der Waals surface area (Å²) in [5.74, 6) is 0.561. The fourth-order valence-electron chi connectivity index (χ4n) is 2.56. The van der Waals surface area contributed by atoms with Crippen LogP contribution >= 0.6 is 11.6 Å². The van der Waals surface area contributed by atoms with E-state index >= 15 is 0 Å². The minimum atomic E-state index is -0.477. The Bertz CT molecular complexity index is 759. The molecule has 1 aliphatic heterocycles. The van der Waals surface area contributed by atoms with Gasteiger partial charge in [0.2, 0.25) is 0 Å². The van der Waals surface area contributed by atoms with E-state index in [-0.39, 0.29) is 5.56 Å². The highest BCUT2D eigenvalue weighted by Crippen LogP contribution is 2.17. The quantitative estimate of drug-likeness (QED) is 0.894. The molecule has 22 heavy (non-hydrogen) atoms. The van der Waals surface area contributed by atoms with E-state index < -0.39 is 5.69 Å². The predicted octanol–water partition coefficient (Wildman–Crippen LogP) is 0.931. The fraction of sp³-hybridized carbons (Fsp3) is 0.333. The Kier molecular flexibility index (Phi) is 4.04. The summed E-state index contributed by atoms with van der Waals surface area (Å²) in [7, 11) is 2.05. The number of hydrogen-bond acceptors (Lipinski definition) is 4. The van der Waals surface area contributed by atoms with E-state index in [1.807, 2.05) is 4.90 Å². The summed E-state index contributed by atoms with van der Waals surface area (Å²) in [4.78, 5) is 31.7. The lowest BCUT2D eigenvalue weighted by molar-refractivity contribution is 0.312. The summed E-state index contributed by atoms with van der Waals surface area (Å²) in [5.41, 5.74) is -0.472. The van der Waals surface area contributed by atoms with Crippen molar-refractivity contribution in [1.82, 2.24) is 14.5 Å². The molecule has 6 nitrogen and oxygen atoms in total. The van der Waals surface area contributed by atoms with Crippen LogP contribution in [-0.4, -0.2) is 47.7 Å². The summed E-state index contributed by atoms with van der Waals surface area (Å²) in [5, 5.41) is 0.363. The van der Waals surface area contributed by atoms with Gasteiger partial charge in [-0.05, 0) is 19.2 Å². The number of nitrogens with zero attached hydrogens (tertiary/aromatic N) is 3. The maximum absolute atomic E-state index is 12.4. The molecule has 0 amide bonds. The average Bonchev–Trinajstić information content (AvgIpc) is 2.49. The third-order valence-corrected chi connectivity index (χ3v) is 4.18. The maximum atomic E-state index is 12.4. The molecule has 0 radical (unpaired) electrons. The molecule has 1 saturated heterocycles. The summed E-state index contributed by atoms with van der Waals surface area (Å²) in [6, 6.07) is 8.24. The first-order chi connectivity index (χ1) is 10.6. The van der Waals surface area contributed by atoms with Crippen molar-refractivity contribution in [3.05, 3.63) is 56.2 Å². The van der Waals surface area contributed by atoms with Crippen molar-refractivity contribution >= 4 is 17.4 Å². The van der Waals surface area contributed by atoms with Crippen molar-refractivity contribution in [2.24, 2.45) is 0 Å². The van der Waals surface area contributed by atoms with Crippen LogP contribution in [0.3, 0.4) is 0 Å². The molecule has 116 valence electrons. The monoisotopic (exact) mass is 320 g/mol. The van der Waals surface area contributed by atoms with E-state index in [0.717, 1.165) is 30.7 Å². The smallest absolute Gasteiger partial charge is 0.334 e. The number of aromatic nitrogens is 2. The average molecular weight is 321 g/mol. The number of nitrogens with one attached hydrogen (secondary N) is 1. The molecule has 2 aromatic rings. The number of halogens is 1. The first-order valence-electron chi connectivity index (χ1n) is 7.11. The molecule has 0 atom stereocenters. The molecule has 7 heteroatoms. The van der Waals surface area contributed by atoms with E-state index in [9.17, 15) is 9.59 Å². The first-order valence-corrected chi connectivity index (χ1v) is 7.49. The van der Waals surface area contributed by atoms with Crippen molar-refractivity contribution in [2.75, 3.05) is 38.1 Å². The van der Waals surface area contributed by atoms with Gasteiger partial charge in [-0.25, -0.2) is 9.36 Å². The Labute approximate surface area is 132 Å². The van der Waals surface area contributed by atoms with Gasteiger partial charge in [-0.2, -0.15) is 0 Å². The van der Waals surface area contributed by atoms with Crippen LogP contribution < -0.4 is 16.1 Å². The molecule has 0 bridgehead atoms. The molecule has 1 N–H and O–H groups in total. The van der Waals surface area contributed by atoms with Crippen LogP contribution in [0.25, 0.3) is 5.69 Å². The van der Waals surface area contributed by atoms with Crippen LogP contribution in [0.1, 0.15) is 0 Å². The molecule has 0 unspecified atom stereocenters. The van der Waals surface area contributed by atoms with Crippen molar-refractivity contribution in [3.8, 4) is 5.69 Å². The Hall–Kier alpha value is -2.05. The van der Waals surface area contributed by atoms with Gasteiger partial charge in [0, 0.05) is 32.2 Å². The number of benzene rings is 1. The molecule has 1 aliphatic rings. The molecule has 3 rings (SSSR count). The van der Waals surface area contributed by atoms with Crippen molar-refractivity contribution < 1.29 is 0 Å². The second kappa shape index (κ2) is 5.98.